The molecular formula is C30H52O. The van der Waals surface area contributed by atoms with Gasteiger partial charge in [0, 0.05) is 6.61 Å². The molecule has 0 heterocycles. The molecule has 2 unspecified atom stereocenters. The maximum Gasteiger partial charge on any atom is 0.0459 e. The summed E-state index contributed by atoms with van der Waals surface area (Å²) in [5, 5.41) is 9.74. The Balaban J connectivity index is 1.32. The molecule has 178 valence electrons. The maximum absolute atomic E-state index is 9.74. The predicted molar refractivity (Wildman–Crippen MR) is 131 cm³/mol. The Bertz CT molecular complexity index is 671. The molecule has 0 aromatic heterocycles. The lowest BCUT2D eigenvalue weighted by Gasteiger charge is -2.61. The summed E-state index contributed by atoms with van der Waals surface area (Å²) in [5.41, 5.74) is 1.76. The quantitative estimate of drug-likeness (QED) is 0.471. The zero-order chi connectivity index (χ0) is 22.2. The third-order valence-electron chi connectivity index (χ3n) is 13.5. The van der Waals surface area contributed by atoms with Crippen molar-refractivity contribution in [3.63, 3.8) is 0 Å². The van der Waals surface area contributed by atoms with E-state index in [1.807, 2.05) is 0 Å². The second kappa shape index (κ2) is 7.74. The average molecular weight is 429 g/mol. The van der Waals surface area contributed by atoms with Gasteiger partial charge >= 0.3 is 0 Å². The lowest BCUT2D eigenvalue weighted by molar-refractivity contribution is -0.115. The first kappa shape index (κ1) is 22.7. The number of aliphatic hydroxyl groups is 1. The van der Waals surface area contributed by atoms with Crippen LogP contribution in [0.15, 0.2) is 0 Å². The number of aliphatic hydroxyl groups excluding tert-OH is 1. The summed E-state index contributed by atoms with van der Waals surface area (Å²) in [7, 11) is 0. The van der Waals surface area contributed by atoms with E-state index in [1.165, 1.54) is 57.8 Å². The molecule has 0 spiro atoms. The Morgan fingerprint density at radius 2 is 1.52 bits per heavy atom. The standard InChI is InChI=1S/C30H52O/c1-19(18-31)21(3)30(6)17-27(30)20(2)24-12-13-25-23-11-10-22-9-7-8-15-28(22,4)26(23)14-16-29(24,25)5/h19-27,31H,7-18H2,1-6H3/t19?,20-,21+,22?,23-,24+,25-,26-,27+,28-,29+,30+/m0/s1. The first-order valence-electron chi connectivity index (χ1n) is 14.3. The fourth-order valence-electron chi connectivity index (χ4n) is 11.0. The second-order valence-corrected chi connectivity index (χ2v) is 14.3. The molecule has 12 atom stereocenters. The van der Waals surface area contributed by atoms with E-state index in [1.54, 1.807) is 12.8 Å². The van der Waals surface area contributed by atoms with Crippen LogP contribution in [-0.4, -0.2) is 11.7 Å². The highest BCUT2D eigenvalue weighted by Crippen LogP contribution is 2.71. The molecule has 5 aliphatic carbocycles. The van der Waals surface area contributed by atoms with Crippen molar-refractivity contribution in [3.8, 4) is 0 Å². The summed E-state index contributed by atoms with van der Waals surface area (Å²) in [4.78, 5) is 0. The minimum absolute atomic E-state index is 0.351. The third-order valence-corrected chi connectivity index (χ3v) is 13.5. The summed E-state index contributed by atoms with van der Waals surface area (Å²) in [6.07, 6.45) is 16.7. The van der Waals surface area contributed by atoms with Crippen LogP contribution in [0.5, 0.6) is 0 Å². The zero-order valence-corrected chi connectivity index (χ0v) is 21.6. The molecule has 1 nitrogen and oxygen atoms in total. The normalized spacial score (nSPS) is 54.3. The molecule has 31 heavy (non-hydrogen) atoms. The van der Waals surface area contributed by atoms with Gasteiger partial charge in [-0.25, -0.2) is 0 Å². The van der Waals surface area contributed by atoms with Crippen LogP contribution in [0.4, 0.5) is 0 Å². The first-order valence-corrected chi connectivity index (χ1v) is 14.3. The number of fused-ring (bicyclic) bond motifs is 5. The van der Waals surface area contributed by atoms with Gasteiger partial charge in [0.2, 0.25) is 0 Å². The van der Waals surface area contributed by atoms with Crippen molar-refractivity contribution in [1.29, 1.82) is 0 Å². The van der Waals surface area contributed by atoms with Gasteiger partial charge in [0.25, 0.3) is 0 Å². The molecule has 0 aromatic carbocycles. The van der Waals surface area contributed by atoms with Gasteiger partial charge in [-0.2, -0.15) is 0 Å². The molecule has 0 aromatic rings. The van der Waals surface area contributed by atoms with Crippen molar-refractivity contribution in [2.75, 3.05) is 6.61 Å². The average Bonchev–Trinajstić information content (AvgIpc) is 3.33. The van der Waals surface area contributed by atoms with E-state index < -0.39 is 0 Å². The van der Waals surface area contributed by atoms with Gasteiger partial charge < -0.3 is 5.11 Å². The molecule has 0 aliphatic heterocycles. The third kappa shape index (κ3) is 3.24. The molecule has 0 radical (unpaired) electrons. The highest BCUT2D eigenvalue weighted by Gasteiger charge is 2.64. The summed E-state index contributed by atoms with van der Waals surface area (Å²) >= 11 is 0. The first-order chi connectivity index (χ1) is 14.7. The zero-order valence-electron chi connectivity index (χ0n) is 21.6. The smallest absolute Gasteiger partial charge is 0.0459 e. The van der Waals surface area contributed by atoms with Gasteiger partial charge in [-0.05, 0) is 127 Å². The number of rotatable bonds is 5. The minimum Gasteiger partial charge on any atom is -0.396 e. The van der Waals surface area contributed by atoms with E-state index in [0.717, 1.165) is 41.4 Å². The van der Waals surface area contributed by atoms with Crippen molar-refractivity contribution in [2.24, 2.45) is 69.5 Å². The van der Waals surface area contributed by atoms with Gasteiger partial charge in [0.15, 0.2) is 0 Å². The number of hydrogen-bond acceptors (Lipinski definition) is 1. The molecular weight excluding hydrogens is 376 g/mol. The van der Waals surface area contributed by atoms with E-state index in [-0.39, 0.29) is 0 Å². The van der Waals surface area contributed by atoms with Crippen molar-refractivity contribution in [3.05, 3.63) is 0 Å². The SMILES string of the molecule is CC(CO)[C@@H](C)[C@@]1(C)C[C@@H]1[C@@H](C)[C@H]1CC[C@H]2[C@@H]3CCC4CCCC[C@]4(C)[C@H]3CC[C@]12C. The highest BCUT2D eigenvalue weighted by atomic mass is 16.3. The molecule has 1 heteroatoms. The van der Waals surface area contributed by atoms with Crippen molar-refractivity contribution in [1.82, 2.24) is 0 Å². The van der Waals surface area contributed by atoms with Gasteiger partial charge in [0.1, 0.15) is 0 Å². The van der Waals surface area contributed by atoms with Gasteiger partial charge in [-0.1, -0.05) is 54.4 Å². The molecule has 5 saturated carbocycles. The van der Waals surface area contributed by atoms with Crippen LogP contribution >= 0.6 is 0 Å². The molecule has 5 aliphatic rings. The van der Waals surface area contributed by atoms with E-state index in [0.29, 0.717) is 34.7 Å². The molecule has 0 saturated heterocycles. The Labute approximate surface area is 193 Å². The van der Waals surface area contributed by atoms with E-state index in [9.17, 15) is 5.11 Å². The fraction of sp³-hybridized carbons (Fsp3) is 1.00. The van der Waals surface area contributed by atoms with Crippen LogP contribution in [0.1, 0.15) is 112 Å². The molecule has 0 amide bonds. The van der Waals surface area contributed by atoms with Crippen molar-refractivity contribution >= 4 is 0 Å². The number of hydrogen-bond donors (Lipinski definition) is 1. The molecule has 0 bridgehead atoms. The molecule has 1 N–H and O–H groups in total. The van der Waals surface area contributed by atoms with Crippen LogP contribution in [0, 0.1) is 69.5 Å². The van der Waals surface area contributed by atoms with Gasteiger partial charge in [-0.15, -0.1) is 0 Å². The molecule has 5 fully saturated rings. The summed E-state index contributed by atoms with van der Waals surface area (Å²) in [6.45, 7) is 15.7. The fourth-order valence-corrected chi connectivity index (χ4v) is 11.0. The minimum atomic E-state index is 0.351. The van der Waals surface area contributed by atoms with Crippen LogP contribution in [-0.2, 0) is 0 Å². The van der Waals surface area contributed by atoms with E-state index >= 15 is 0 Å². The van der Waals surface area contributed by atoms with Crippen LogP contribution in [0.2, 0.25) is 0 Å². The summed E-state index contributed by atoms with van der Waals surface area (Å²) < 4.78 is 0. The Morgan fingerprint density at radius 3 is 2.26 bits per heavy atom. The Morgan fingerprint density at radius 1 is 0.774 bits per heavy atom. The van der Waals surface area contributed by atoms with E-state index in [2.05, 4.69) is 41.5 Å². The second-order valence-electron chi connectivity index (χ2n) is 14.3. The topological polar surface area (TPSA) is 20.2 Å². The monoisotopic (exact) mass is 428 g/mol. The van der Waals surface area contributed by atoms with Gasteiger partial charge in [0.05, 0.1) is 0 Å². The lowest BCUT2D eigenvalue weighted by Crippen LogP contribution is -2.53. The van der Waals surface area contributed by atoms with Crippen LogP contribution < -0.4 is 0 Å². The van der Waals surface area contributed by atoms with Gasteiger partial charge in [-0.3, -0.25) is 0 Å². The van der Waals surface area contributed by atoms with E-state index in [4.69, 9.17) is 0 Å². The maximum atomic E-state index is 9.74. The summed E-state index contributed by atoms with van der Waals surface area (Å²) in [6, 6.07) is 0. The van der Waals surface area contributed by atoms with Crippen LogP contribution in [0.25, 0.3) is 0 Å². The molecule has 5 rings (SSSR count). The Hall–Kier alpha value is -0.0400. The predicted octanol–water partition coefficient (Wildman–Crippen LogP) is 7.96. The largest absolute Gasteiger partial charge is 0.396 e. The highest BCUT2D eigenvalue weighted by molar-refractivity contribution is 5.13. The van der Waals surface area contributed by atoms with Crippen molar-refractivity contribution < 1.29 is 5.11 Å². The lowest BCUT2D eigenvalue weighted by atomic mass is 9.44. The summed E-state index contributed by atoms with van der Waals surface area (Å²) in [5.74, 6) is 7.92. The van der Waals surface area contributed by atoms with Crippen LogP contribution in [0.3, 0.4) is 0 Å². The Kier molecular flexibility index (Phi) is 5.68. The van der Waals surface area contributed by atoms with Crippen molar-refractivity contribution in [2.45, 2.75) is 112 Å².